The normalized spacial score (nSPS) is 14.5. The number of carbonyl (C=O) groups is 1. The van der Waals surface area contributed by atoms with E-state index in [0.717, 1.165) is 0 Å². The highest BCUT2D eigenvalue weighted by Crippen LogP contribution is 2.22. The number of carbonyl (C=O) groups excluding carboxylic acids is 1. The van der Waals surface area contributed by atoms with E-state index in [1.165, 1.54) is 6.07 Å². The van der Waals surface area contributed by atoms with Gasteiger partial charge < -0.3 is 5.32 Å². The lowest BCUT2D eigenvalue weighted by molar-refractivity contribution is 0.0943. The molecule has 1 rings (SSSR count). The van der Waals surface area contributed by atoms with Crippen LogP contribution in [0.15, 0.2) is 23.1 Å². The van der Waals surface area contributed by atoms with Crippen molar-refractivity contribution < 1.29 is 17.4 Å². The number of hydrogen-bond acceptors (Lipinski definition) is 4. The lowest BCUT2D eigenvalue weighted by Gasteiger charge is -2.13. The Morgan fingerprint density at radius 2 is 2.05 bits per heavy atom. The minimum absolute atomic E-state index is 0.0500. The molecule has 21 heavy (non-hydrogen) atoms. The van der Waals surface area contributed by atoms with Crippen molar-refractivity contribution in [2.24, 2.45) is 0 Å². The third-order valence-electron chi connectivity index (χ3n) is 2.84. The fourth-order valence-corrected chi connectivity index (χ4v) is 3.93. The number of benzene rings is 1. The number of amides is 1. The minimum atomic E-state index is -3.91. The fourth-order valence-electron chi connectivity index (χ4n) is 1.92. The Morgan fingerprint density at radius 3 is 2.52 bits per heavy atom. The van der Waals surface area contributed by atoms with Crippen LogP contribution >= 0.6 is 10.7 Å². The summed E-state index contributed by atoms with van der Waals surface area (Å²) < 4.78 is 34.2. The van der Waals surface area contributed by atoms with E-state index in [1.807, 2.05) is 0 Å². The van der Waals surface area contributed by atoms with E-state index in [0.29, 0.717) is 17.7 Å². The summed E-state index contributed by atoms with van der Waals surface area (Å²) in [5.74, 6) is -0.0865. The van der Waals surface area contributed by atoms with Gasteiger partial charge in [-0.3, -0.25) is 9.00 Å². The second-order valence-electron chi connectivity index (χ2n) is 4.73. The predicted molar refractivity (Wildman–Crippen MR) is 84.7 cm³/mol. The molecule has 2 atom stereocenters. The van der Waals surface area contributed by atoms with Crippen molar-refractivity contribution in [3.63, 3.8) is 0 Å². The van der Waals surface area contributed by atoms with Crippen LogP contribution in [0, 0.1) is 0 Å². The summed E-state index contributed by atoms with van der Waals surface area (Å²) in [4.78, 5) is 12.0. The Kier molecular flexibility index (Phi) is 6.37. The summed E-state index contributed by atoms with van der Waals surface area (Å²) in [6.45, 7) is 3.54. The van der Waals surface area contributed by atoms with Crippen molar-refractivity contribution in [3.05, 3.63) is 29.3 Å². The molecule has 0 bridgehead atoms. The molecule has 0 saturated heterocycles. The first-order valence-electron chi connectivity index (χ1n) is 6.33. The van der Waals surface area contributed by atoms with Gasteiger partial charge in [-0.1, -0.05) is 13.0 Å². The largest absolute Gasteiger partial charge is 0.349 e. The second kappa shape index (κ2) is 7.38. The Hall–Kier alpha value is -0.920. The van der Waals surface area contributed by atoms with E-state index >= 15 is 0 Å². The molecule has 5 nitrogen and oxygen atoms in total. The highest BCUT2D eigenvalue weighted by Gasteiger charge is 2.18. The summed E-state index contributed by atoms with van der Waals surface area (Å²) in [7, 11) is 0.465. The minimum Gasteiger partial charge on any atom is -0.349 e. The summed E-state index contributed by atoms with van der Waals surface area (Å²) in [6.07, 6.45) is 2.05. The molecule has 2 unspecified atom stereocenters. The number of hydrogen-bond donors (Lipinski definition) is 1. The van der Waals surface area contributed by atoms with Gasteiger partial charge in [-0.25, -0.2) is 8.42 Å². The Morgan fingerprint density at radius 1 is 1.43 bits per heavy atom. The molecule has 0 spiro atoms. The molecule has 0 aliphatic rings. The van der Waals surface area contributed by atoms with Crippen molar-refractivity contribution in [2.45, 2.75) is 31.2 Å². The molecular formula is C13H18ClNO4S2. The Bertz CT molecular complexity index is 658. The second-order valence-corrected chi connectivity index (χ2v) is 8.74. The summed E-state index contributed by atoms with van der Waals surface area (Å²) in [5.41, 5.74) is 0.768. The van der Waals surface area contributed by atoms with Gasteiger partial charge in [0.15, 0.2) is 0 Å². The smallest absolute Gasteiger partial charge is 0.261 e. The number of aryl methyl sites for hydroxylation is 1. The van der Waals surface area contributed by atoms with E-state index in [9.17, 15) is 17.4 Å². The maximum Gasteiger partial charge on any atom is 0.261 e. The lowest BCUT2D eigenvalue weighted by atomic mass is 10.1. The zero-order valence-electron chi connectivity index (χ0n) is 12.1. The van der Waals surface area contributed by atoms with E-state index < -0.39 is 25.8 Å². The lowest BCUT2D eigenvalue weighted by Crippen LogP contribution is -2.36. The first-order valence-corrected chi connectivity index (χ1v) is 10.4. The average molecular weight is 352 g/mol. The summed E-state index contributed by atoms with van der Waals surface area (Å²) in [6, 6.07) is 4.12. The van der Waals surface area contributed by atoms with Crippen LogP contribution in [-0.2, 0) is 26.3 Å². The quantitative estimate of drug-likeness (QED) is 0.790. The van der Waals surface area contributed by atoms with Crippen LogP contribution in [0.4, 0.5) is 0 Å². The molecule has 1 amide bonds. The van der Waals surface area contributed by atoms with Crippen molar-refractivity contribution in [3.8, 4) is 0 Å². The Balaban J connectivity index is 3.04. The van der Waals surface area contributed by atoms with Crippen molar-refractivity contribution in [1.29, 1.82) is 0 Å². The average Bonchev–Trinajstić information content (AvgIpc) is 2.35. The van der Waals surface area contributed by atoms with Crippen LogP contribution in [0.5, 0.6) is 0 Å². The van der Waals surface area contributed by atoms with Gasteiger partial charge >= 0.3 is 0 Å². The molecule has 0 saturated carbocycles. The van der Waals surface area contributed by atoms with Gasteiger partial charge in [0.2, 0.25) is 0 Å². The van der Waals surface area contributed by atoms with Crippen LogP contribution in [0.3, 0.4) is 0 Å². The first-order chi connectivity index (χ1) is 9.65. The number of nitrogens with one attached hydrogen (secondary N) is 1. The van der Waals surface area contributed by atoms with Crippen LogP contribution in [-0.4, -0.2) is 36.6 Å². The third kappa shape index (κ3) is 5.41. The van der Waals surface area contributed by atoms with Crippen molar-refractivity contribution >= 4 is 36.4 Å². The highest BCUT2D eigenvalue weighted by atomic mass is 35.7. The molecule has 0 aliphatic heterocycles. The van der Waals surface area contributed by atoms with E-state index in [2.05, 4.69) is 5.32 Å². The standard InChI is InChI=1S/C13H18ClNO4S2/c1-4-10-5-6-11(7-12(10)21(14,18)19)13(16)15-9(2)8-20(3)17/h5-7,9H,4,8H2,1-3H3,(H,15,16). The zero-order chi connectivity index (χ0) is 16.2. The highest BCUT2D eigenvalue weighted by molar-refractivity contribution is 8.13. The van der Waals surface area contributed by atoms with Gasteiger partial charge in [-0.2, -0.15) is 0 Å². The van der Waals surface area contributed by atoms with Gasteiger partial charge in [0.25, 0.3) is 15.0 Å². The van der Waals surface area contributed by atoms with Crippen LogP contribution in [0.1, 0.15) is 29.8 Å². The topological polar surface area (TPSA) is 80.3 Å². The zero-order valence-corrected chi connectivity index (χ0v) is 14.4. The SMILES string of the molecule is CCc1ccc(C(=O)NC(C)CS(C)=O)cc1S(=O)(=O)Cl. The predicted octanol–water partition coefficient (Wildman–Crippen LogP) is 1.67. The van der Waals surface area contributed by atoms with Crippen molar-refractivity contribution in [1.82, 2.24) is 5.32 Å². The van der Waals surface area contributed by atoms with Gasteiger partial charge in [0.1, 0.15) is 0 Å². The molecule has 0 fully saturated rings. The van der Waals surface area contributed by atoms with Crippen molar-refractivity contribution in [2.75, 3.05) is 12.0 Å². The van der Waals surface area contributed by atoms with Crippen LogP contribution < -0.4 is 5.32 Å². The van der Waals surface area contributed by atoms with E-state index in [4.69, 9.17) is 10.7 Å². The molecule has 118 valence electrons. The maximum atomic E-state index is 12.1. The van der Waals surface area contributed by atoms with Gasteiger partial charge in [0, 0.05) is 45.1 Å². The van der Waals surface area contributed by atoms with E-state index in [-0.39, 0.29) is 16.5 Å². The van der Waals surface area contributed by atoms with Gasteiger partial charge in [-0.15, -0.1) is 0 Å². The van der Waals surface area contributed by atoms with Gasteiger partial charge in [-0.05, 0) is 31.0 Å². The summed E-state index contributed by atoms with van der Waals surface area (Å²) >= 11 is 0. The first kappa shape index (κ1) is 18.1. The molecule has 1 N–H and O–H groups in total. The molecule has 1 aromatic rings. The Labute approximate surface area is 132 Å². The number of halogens is 1. The van der Waals surface area contributed by atoms with Crippen LogP contribution in [0.25, 0.3) is 0 Å². The molecule has 0 aliphatic carbocycles. The monoisotopic (exact) mass is 351 g/mol. The fraction of sp³-hybridized carbons (Fsp3) is 0.462. The molecule has 0 heterocycles. The molecule has 1 aromatic carbocycles. The molecule has 0 aromatic heterocycles. The number of rotatable bonds is 6. The van der Waals surface area contributed by atoms with Crippen LogP contribution in [0.2, 0.25) is 0 Å². The maximum absolute atomic E-state index is 12.1. The third-order valence-corrected chi connectivity index (χ3v) is 5.21. The molecular weight excluding hydrogens is 334 g/mol. The molecule has 8 heteroatoms. The molecule has 0 radical (unpaired) electrons. The summed E-state index contributed by atoms with van der Waals surface area (Å²) in [5, 5.41) is 2.67. The van der Waals surface area contributed by atoms with E-state index in [1.54, 1.807) is 32.2 Å². The van der Waals surface area contributed by atoms with Gasteiger partial charge in [0.05, 0.1) is 4.90 Å².